The number of nitrogens with two attached hydrogens (primary N) is 1. The smallest absolute Gasteiger partial charge is 0.0931 e. The standard InChI is InChI=1S/C15H27ClN2S/c1-5-15(6-2,18(7-3)8-4)13(17)11-12-9-10-14(16)19-12/h9-10,13H,5-8,11,17H2,1-4H3. The van der Waals surface area contributed by atoms with Crippen molar-refractivity contribution in [3.8, 4) is 0 Å². The molecule has 0 aliphatic rings. The van der Waals surface area contributed by atoms with Gasteiger partial charge >= 0.3 is 0 Å². The zero-order valence-corrected chi connectivity index (χ0v) is 14.2. The van der Waals surface area contributed by atoms with Gasteiger partial charge in [0.2, 0.25) is 0 Å². The molecule has 1 aromatic heterocycles. The molecular formula is C15H27ClN2S. The Labute approximate surface area is 126 Å². The molecule has 0 saturated heterocycles. The van der Waals surface area contributed by atoms with Crippen molar-refractivity contribution in [1.82, 2.24) is 4.90 Å². The van der Waals surface area contributed by atoms with Crippen molar-refractivity contribution in [2.45, 2.75) is 58.5 Å². The van der Waals surface area contributed by atoms with E-state index in [4.69, 9.17) is 17.3 Å². The topological polar surface area (TPSA) is 29.3 Å². The van der Waals surface area contributed by atoms with Crippen LogP contribution in [0, 0.1) is 0 Å². The Kier molecular flexibility index (Phi) is 6.81. The lowest BCUT2D eigenvalue weighted by molar-refractivity contribution is 0.0631. The molecule has 0 aromatic carbocycles. The van der Waals surface area contributed by atoms with E-state index in [2.05, 4.69) is 38.7 Å². The van der Waals surface area contributed by atoms with Crippen LogP contribution in [0.2, 0.25) is 4.34 Å². The molecule has 4 heteroatoms. The van der Waals surface area contributed by atoms with Crippen LogP contribution in [-0.2, 0) is 6.42 Å². The van der Waals surface area contributed by atoms with E-state index in [9.17, 15) is 0 Å². The highest BCUT2D eigenvalue weighted by molar-refractivity contribution is 7.16. The van der Waals surface area contributed by atoms with Crippen molar-refractivity contribution in [2.75, 3.05) is 13.1 Å². The highest BCUT2D eigenvalue weighted by atomic mass is 35.5. The molecule has 0 spiro atoms. The predicted octanol–water partition coefficient (Wildman–Crippen LogP) is 4.17. The average molecular weight is 303 g/mol. The Morgan fingerprint density at radius 2 is 1.79 bits per heavy atom. The van der Waals surface area contributed by atoms with Gasteiger partial charge in [0, 0.05) is 16.5 Å². The molecule has 2 N–H and O–H groups in total. The molecule has 0 bridgehead atoms. The highest BCUT2D eigenvalue weighted by Gasteiger charge is 2.37. The van der Waals surface area contributed by atoms with E-state index < -0.39 is 0 Å². The number of nitrogens with zero attached hydrogens (tertiary/aromatic N) is 1. The van der Waals surface area contributed by atoms with E-state index in [-0.39, 0.29) is 11.6 Å². The molecule has 19 heavy (non-hydrogen) atoms. The van der Waals surface area contributed by atoms with E-state index in [1.807, 2.05) is 6.07 Å². The summed E-state index contributed by atoms with van der Waals surface area (Å²) in [6, 6.07) is 4.22. The lowest BCUT2D eigenvalue weighted by Gasteiger charge is -2.46. The monoisotopic (exact) mass is 302 g/mol. The van der Waals surface area contributed by atoms with Crippen molar-refractivity contribution in [3.63, 3.8) is 0 Å². The first-order valence-corrected chi connectivity index (χ1v) is 8.48. The summed E-state index contributed by atoms with van der Waals surface area (Å²) in [5, 5.41) is 0. The van der Waals surface area contributed by atoms with Crippen molar-refractivity contribution in [1.29, 1.82) is 0 Å². The molecule has 0 fully saturated rings. The third kappa shape index (κ3) is 3.72. The molecule has 0 aliphatic carbocycles. The van der Waals surface area contributed by atoms with E-state index in [0.29, 0.717) is 0 Å². The minimum atomic E-state index is 0.0972. The Morgan fingerprint density at radius 3 is 2.16 bits per heavy atom. The van der Waals surface area contributed by atoms with Gasteiger partial charge in [-0.1, -0.05) is 39.3 Å². The first kappa shape index (κ1) is 17.0. The van der Waals surface area contributed by atoms with Gasteiger partial charge in [0.15, 0.2) is 0 Å². The minimum absolute atomic E-state index is 0.0972. The quantitative estimate of drug-likeness (QED) is 0.781. The third-order valence-electron chi connectivity index (χ3n) is 4.36. The summed E-state index contributed by atoms with van der Waals surface area (Å²) in [5.41, 5.74) is 6.69. The summed E-state index contributed by atoms with van der Waals surface area (Å²) in [7, 11) is 0. The molecule has 1 aromatic rings. The number of hydrogen-bond acceptors (Lipinski definition) is 3. The number of likely N-dealkylation sites (N-methyl/N-ethyl adjacent to an activating group) is 1. The highest BCUT2D eigenvalue weighted by Crippen LogP contribution is 2.31. The van der Waals surface area contributed by atoms with Crippen molar-refractivity contribution in [2.24, 2.45) is 5.73 Å². The Hall–Kier alpha value is -0.0900. The van der Waals surface area contributed by atoms with Crippen LogP contribution in [0.15, 0.2) is 12.1 Å². The van der Waals surface area contributed by atoms with Gasteiger partial charge in [-0.3, -0.25) is 4.90 Å². The van der Waals surface area contributed by atoms with Gasteiger partial charge in [0.25, 0.3) is 0 Å². The van der Waals surface area contributed by atoms with Crippen LogP contribution in [0.5, 0.6) is 0 Å². The fraction of sp³-hybridized carbons (Fsp3) is 0.733. The first-order valence-electron chi connectivity index (χ1n) is 7.28. The SMILES string of the molecule is CCN(CC)C(CC)(CC)C(N)Cc1ccc(Cl)s1. The maximum atomic E-state index is 6.59. The fourth-order valence-electron chi connectivity index (χ4n) is 3.18. The van der Waals surface area contributed by atoms with Crippen molar-refractivity contribution >= 4 is 22.9 Å². The molecule has 0 saturated carbocycles. The first-order chi connectivity index (χ1) is 9.03. The molecular weight excluding hydrogens is 276 g/mol. The lowest BCUT2D eigenvalue weighted by atomic mass is 9.81. The maximum Gasteiger partial charge on any atom is 0.0931 e. The van der Waals surface area contributed by atoms with Crippen LogP contribution in [0.3, 0.4) is 0 Å². The van der Waals surface area contributed by atoms with Gasteiger partial charge in [-0.25, -0.2) is 0 Å². The Bertz CT molecular complexity index is 370. The van der Waals surface area contributed by atoms with Gasteiger partial charge in [-0.15, -0.1) is 11.3 Å². The number of halogens is 1. The molecule has 110 valence electrons. The molecule has 1 atom stereocenters. The van der Waals surface area contributed by atoms with Gasteiger partial charge in [-0.2, -0.15) is 0 Å². The Morgan fingerprint density at radius 1 is 1.21 bits per heavy atom. The average Bonchev–Trinajstić information content (AvgIpc) is 2.81. The van der Waals surface area contributed by atoms with Crippen LogP contribution in [0.4, 0.5) is 0 Å². The van der Waals surface area contributed by atoms with Gasteiger partial charge in [-0.05, 0) is 44.5 Å². The minimum Gasteiger partial charge on any atom is -0.326 e. The molecule has 2 nitrogen and oxygen atoms in total. The zero-order chi connectivity index (χ0) is 14.5. The predicted molar refractivity (Wildman–Crippen MR) is 87.2 cm³/mol. The van der Waals surface area contributed by atoms with E-state index >= 15 is 0 Å². The number of thiophene rings is 1. The fourth-order valence-corrected chi connectivity index (χ4v) is 4.32. The second-order valence-electron chi connectivity index (χ2n) is 5.00. The van der Waals surface area contributed by atoms with Gasteiger partial charge in [0.1, 0.15) is 0 Å². The van der Waals surface area contributed by atoms with Crippen LogP contribution >= 0.6 is 22.9 Å². The summed E-state index contributed by atoms with van der Waals surface area (Å²) in [6.07, 6.45) is 3.09. The van der Waals surface area contributed by atoms with E-state index in [1.54, 1.807) is 11.3 Å². The van der Waals surface area contributed by atoms with Crippen molar-refractivity contribution < 1.29 is 0 Å². The Balaban J connectivity index is 2.91. The van der Waals surface area contributed by atoms with Crippen LogP contribution in [0.25, 0.3) is 0 Å². The number of rotatable bonds is 8. The van der Waals surface area contributed by atoms with Crippen LogP contribution in [0.1, 0.15) is 45.4 Å². The lowest BCUT2D eigenvalue weighted by Crippen LogP contribution is -2.60. The second kappa shape index (κ2) is 7.63. The summed E-state index contributed by atoms with van der Waals surface area (Å²) >= 11 is 7.66. The molecule has 1 heterocycles. The van der Waals surface area contributed by atoms with Crippen LogP contribution < -0.4 is 5.73 Å². The van der Waals surface area contributed by atoms with E-state index in [1.165, 1.54) is 4.88 Å². The molecule has 0 amide bonds. The molecule has 0 radical (unpaired) electrons. The maximum absolute atomic E-state index is 6.59. The molecule has 1 unspecified atom stereocenters. The normalized spacial score (nSPS) is 14.1. The third-order valence-corrected chi connectivity index (χ3v) is 5.61. The summed E-state index contributed by atoms with van der Waals surface area (Å²) in [4.78, 5) is 3.81. The largest absolute Gasteiger partial charge is 0.326 e. The number of hydrogen-bond donors (Lipinski definition) is 1. The second-order valence-corrected chi connectivity index (χ2v) is 6.80. The van der Waals surface area contributed by atoms with Crippen molar-refractivity contribution in [3.05, 3.63) is 21.3 Å². The van der Waals surface area contributed by atoms with Crippen LogP contribution in [-0.4, -0.2) is 29.6 Å². The summed E-state index contributed by atoms with van der Waals surface area (Å²) < 4.78 is 0.851. The zero-order valence-electron chi connectivity index (χ0n) is 12.6. The van der Waals surface area contributed by atoms with E-state index in [0.717, 1.165) is 36.7 Å². The molecule has 0 aliphatic heterocycles. The summed E-state index contributed by atoms with van der Waals surface area (Å²) in [5.74, 6) is 0. The molecule has 1 rings (SSSR count). The van der Waals surface area contributed by atoms with Gasteiger partial charge in [0.05, 0.1) is 4.34 Å². The van der Waals surface area contributed by atoms with Gasteiger partial charge < -0.3 is 5.73 Å². The summed E-state index contributed by atoms with van der Waals surface area (Å²) in [6.45, 7) is 11.1.